The van der Waals surface area contributed by atoms with Crippen LogP contribution in [0.1, 0.15) is 20.7 Å². The fourth-order valence-corrected chi connectivity index (χ4v) is 3.28. The second-order valence-electron chi connectivity index (χ2n) is 6.86. The highest BCUT2D eigenvalue weighted by molar-refractivity contribution is 7.71. The SMILES string of the molecule is O=C(Nn1c(-c2ccccc2)nn(CNc2ccc(C(=O)O)c(O)c2)c1=S)c1ccncc1. The predicted octanol–water partition coefficient (Wildman–Crippen LogP) is 3.33. The summed E-state index contributed by atoms with van der Waals surface area (Å²) in [5.74, 6) is -1.55. The zero-order valence-corrected chi connectivity index (χ0v) is 17.9. The zero-order valence-electron chi connectivity index (χ0n) is 17.0. The first-order valence-electron chi connectivity index (χ1n) is 9.71. The molecule has 4 rings (SSSR count). The predicted molar refractivity (Wildman–Crippen MR) is 123 cm³/mol. The van der Waals surface area contributed by atoms with Gasteiger partial charge in [0.05, 0.1) is 0 Å². The minimum Gasteiger partial charge on any atom is -0.507 e. The second-order valence-corrected chi connectivity index (χ2v) is 7.22. The van der Waals surface area contributed by atoms with Crippen LogP contribution in [-0.4, -0.2) is 41.5 Å². The van der Waals surface area contributed by atoms with Gasteiger partial charge >= 0.3 is 5.97 Å². The lowest BCUT2D eigenvalue weighted by atomic mass is 10.2. The topological polar surface area (TPSA) is 134 Å². The van der Waals surface area contributed by atoms with E-state index in [0.717, 1.165) is 5.56 Å². The van der Waals surface area contributed by atoms with Crippen LogP contribution in [0.5, 0.6) is 5.75 Å². The maximum Gasteiger partial charge on any atom is 0.339 e. The molecule has 0 saturated carbocycles. The molecule has 0 radical (unpaired) electrons. The van der Waals surface area contributed by atoms with E-state index < -0.39 is 5.97 Å². The number of nitrogens with zero attached hydrogens (tertiary/aromatic N) is 4. The standard InChI is InChI=1S/C22H18N6O4S/c29-18-12-16(6-7-17(18)21(31)32)24-13-27-22(33)28(19(25-27)14-4-2-1-3-5-14)26-20(30)15-8-10-23-11-9-15/h1-12,24,29H,13H2,(H,26,30)(H,31,32). The highest BCUT2D eigenvalue weighted by Gasteiger charge is 2.16. The van der Waals surface area contributed by atoms with Gasteiger partial charge in [-0.2, -0.15) is 0 Å². The van der Waals surface area contributed by atoms with Gasteiger partial charge in [-0.25, -0.2) is 14.2 Å². The van der Waals surface area contributed by atoms with Gasteiger partial charge in [-0.05, 0) is 36.5 Å². The highest BCUT2D eigenvalue weighted by atomic mass is 32.1. The molecule has 2 aromatic carbocycles. The normalized spacial score (nSPS) is 10.5. The number of aromatic nitrogens is 4. The van der Waals surface area contributed by atoms with Crippen LogP contribution in [-0.2, 0) is 6.67 Å². The van der Waals surface area contributed by atoms with E-state index in [-0.39, 0.29) is 28.7 Å². The molecule has 0 aliphatic heterocycles. The summed E-state index contributed by atoms with van der Waals surface area (Å²) < 4.78 is 3.10. The van der Waals surface area contributed by atoms with Crippen molar-refractivity contribution in [3.8, 4) is 17.1 Å². The molecule has 33 heavy (non-hydrogen) atoms. The van der Waals surface area contributed by atoms with Gasteiger partial charge in [0.2, 0.25) is 4.77 Å². The van der Waals surface area contributed by atoms with Crippen molar-refractivity contribution in [2.45, 2.75) is 6.67 Å². The second kappa shape index (κ2) is 9.32. The Bertz CT molecular complexity index is 1370. The summed E-state index contributed by atoms with van der Waals surface area (Å²) in [6.07, 6.45) is 3.04. The summed E-state index contributed by atoms with van der Waals surface area (Å²) >= 11 is 5.55. The molecule has 166 valence electrons. The molecule has 0 fully saturated rings. The molecular formula is C22H18N6O4S. The van der Waals surface area contributed by atoms with E-state index in [1.807, 2.05) is 30.3 Å². The fraction of sp³-hybridized carbons (Fsp3) is 0.0455. The van der Waals surface area contributed by atoms with Crippen LogP contribution in [0.15, 0.2) is 73.1 Å². The average Bonchev–Trinajstić information content (AvgIpc) is 3.13. The molecule has 10 nitrogen and oxygen atoms in total. The van der Waals surface area contributed by atoms with Gasteiger partial charge in [-0.15, -0.1) is 5.10 Å². The number of carboxylic acids is 1. The van der Waals surface area contributed by atoms with Gasteiger partial charge in [-0.3, -0.25) is 15.2 Å². The summed E-state index contributed by atoms with van der Waals surface area (Å²) in [5.41, 5.74) is 4.18. The van der Waals surface area contributed by atoms with Gasteiger partial charge in [0.25, 0.3) is 5.91 Å². The van der Waals surface area contributed by atoms with Gasteiger partial charge in [-0.1, -0.05) is 30.3 Å². The Morgan fingerprint density at radius 1 is 1.03 bits per heavy atom. The van der Waals surface area contributed by atoms with Crippen molar-refractivity contribution >= 4 is 29.8 Å². The van der Waals surface area contributed by atoms with Crippen molar-refractivity contribution in [2.24, 2.45) is 0 Å². The van der Waals surface area contributed by atoms with E-state index >= 15 is 0 Å². The molecular weight excluding hydrogens is 444 g/mol. The fourth-order valence-electron chi connectivity index (χ4n) is 3.04. The highest BCUT2D eigenvalue weighted by Crippen LogP contribution is 2.22. The number of carboxylic acid groups (broad SMARTS) is 1. The van der Waals surface area contributed by atoms with Crippen molar-refractivity contribution in [3.63, 3.8) is 0 Å². The largest absolute Gasteiger partial charge is 0.507 e. The van der Waals surface area contributed by atoms with Crippen LogP contribution in [0.3, 0.4) is 0 Å². The molecule has 4 N–H and O–H groups in total. The van der Waals surface area contributed by atoms with Crippen LogP contribution >= 0.6 is 12.2 Å². The number of phenols is 1. The molecule has 0 bridgehead atoms. The van der Waals surface area contributed by atoms with E-state index in [1.165, 1.54) is 40.0 Å². The molecule has 0 unspecified atom stereocenters. The smallest absolute Gasteiger partial charge is 0.339 e. The summed E-state index contributed by atoms with van der Waals surface area (Å²) in [6, 6.07) is 16.5. The van der Waals surface area contributed by atoms with Gasteiger partial charge in [0.1, 0.15) is 18.0 Å². The van der Waals surface area contributed by atoms with Crippen molar-refractivity contribution < 1.29 is 19.8 Å². The van der Waals surface area contributed by atoms with Gasteiger partial charge in [0.15, 0.2) is 5.82 Å². The first-order valence-corrected chi connectivity index (χ1v) is 10.1. The van der Waals surface area contributed by atoms with Crippen LogP contribution in [0.2, 0.25) is 0 Å². The number of benzene rings is 2. The Morgan fingerprint density at radius 2 is 1.76 bits per heavy atom. The summed E-state index contributed by atoms with van der Waals surface area (Å²) in [7, 11) is 0. The van der Waals surface area contributed by atoms with Gasteiger partial charge < -0.3 is 15.5 Å². The molecule has 1 amide bonds. The number of amides is 1. The molecule has 4 aromatic rings. The lowest BCUT2D eigenvalue weighted by Crippen LogP contribution is -2.24. The van der Waals surface area contributed by atoms with E-state index in [1.54, 1.807) is 12.1 Å². The third-order valence-corrected chi connectivity index (χ3v) is 5.08. The van der Waals surface area contributed by atoms with Crippen LogP contribution in [0.25, 0.3) is 11.4 Å². The lowest BCUT2D eigenvalue weighted by Gasteiger charge is -2.09. The number of carbonyl (C=O) groups excluding carboxylic acids is 1. The van der Waals surface area contributed by atoms with E-state index in [0.29, 0.717) is 17.1 Å². The summed E-state index contributed by atoms with van der Waals surface area (Å²) in [4.78, 5) is 27.7. The number of nitrogens with one attached hydrogen (secondary N) is 2. The summed E-state index contributed by atoms with van der Waals surface area (Å²) in [5, 5.41) is 26.5. The zero-order chi connectivity index (χ0) is 23.4. The lowest BCUT2D eigenvalue weighted by molar-refractivity contribution is 0.0693. The van der Waals surface area contributed by atoms with Crippen molar-refractivity contribution in [2.75, 3.05) is 10.7 Å². The van der Waals surface area contributed by atoms with Crippen molar-refractivity contribution in [3.05, 3.63) is 89.0 Å². The first-order chi connectivity index (χ1) is 15.9. The number of anilines is 1. The van der Waals surface area contributed by atoms with E-state index in [4.69, 9.17) is 17.3 Å². The number of pyridine rings is 1. The maximum atomic E-state index is 12.7. The van der Waals surface area contributed by atoms with Crippen LogP contribution in [0, 0.1) is 4.77 Å². The number of aromatic carboxylic acids is 1. The Morgan fingerprint density at radius 3 is 2.42 bits per heavy atom. The van der Waals surface area contributed by atoms with E-state index in [2.05, 4.69) is 20.8 Å². The molecule has 11 heteroatoms. The number of carbonyl (C=O) groups is 2. The number of rotatable bonds is 7. The third kappa shape index (κ3) is 4.72. The Hall–Kier alpha value is -4.51. The Balaban J connectivity index is 1.64. The molecule has 2 heterocycles. The third-order valence-electron chi connectivity index (χ3n) is 4.69. The molecule has 0 aliphatic rings. The first kappa shape index (κ1) is 21.7. The van der Waals surface area contributed by atoms with Crippen molar-refractivity contribution in [1.29, 1.82) is 0 Å². The Labute approximate surface area is 192 Å². The van der Waals surface area contributed by atoms with E-state index in [9.17, 15) is 14.7 Å². The Kier molecular flexibility index (Phi) is 6.13. The molecule has 0 saturated heterocycles. The average molecular weight is 462 g/mol. The number of hydrogen-bond acceptors (Lipinski definition) is 7. The van der Waals surface area contributed by atoms with Gasteiger partial charge in [0, 0.05) is 35.3 Å². The molecule has 0 aliphatic carbocycles. The van der Waals surface area contributed by atoms with Crippen LogP contribution in [0.4, 0.5) is 5.69 Å². The molecule has 0 atom stereocenters. The minimum absolute atomic E-state index is 0.0999. The number of hydrogen-bond donors (Lipinski definition) is 4. The monoisotopic (exact) mass is 462 g/mol. The summed E-state index contributed by atoms with van der Waals surface area (Å²) in [6.45, 7) is 0.0999. The van der Waals surface area contributed by atoms with Crippen molar-refractivity contribution in [1.82, 2.24) is 19.4 Å². The molecule has 2 aromatic heterocycles. The maximum absolute atomic E-state index is 12.7. The quantitative estimate of drug-likeness (QED) is 0.307. The molecule has 0 spiro atoms. The van der Waals surface area contributed by atoms with Crippen LogP contribution < -0.4 is 10.7 Å². The number of aromatic hydroxyl groups is 1. The minimum atomic E-state index is -1.22.